The van der Waals surface area contributed by atoms with Gasteiger partial charge >= 0.3 is 0 Å². The fourth-order valence-electron chi connectivity index (χ4n) is 2.91. The van der Waals surface area contributed by atoms with Crippen LogP contribution >= 0.6 is 0 Å². The molecule has 3 heterocycles. The van der Waals surface area contributed by atoms with E-state index < -0.39 is 0 Å². The zero-order valence-corrected chi connectivity index (χ0v) is 14.7. The number of nitrogens with zero attached hydrogens (tertiary/aromatic N) is 2. The number of aliphatic hydroxyl groups excluding tert-OH is 1. The van der Waals surface area contributed by atoms with Crippen molar-refractivity contribution in [1.29, 1.82) is 0 Å². The van der Waals surface area contributed by atoms with E-state index in [1.54, 1.807) is 19.5 Å². The summed E-state index contributed by atoms with van der Waals surface area (Å²) in [5, 5.41) is 11.1. The second-order valence-corrected chi connectivity index (χ2v) is 6.18. The molecule has 0 saturated heterocycles. The van der Waals surface area contributed by atoms with E-state index in [0.717, 1.165) is 22.1 Å². The normalized spacial score (nSPS) is 14.7. The Bertz CT molecular complexity index is 1050. The van der Waals surface area contributed by atoms with Crippen LogP contribution in [0.2, 0.25) is 0 Å². The van der Waals surface area contributed by atoms with Crippen LogP contribution in [-0.2, 0) is 4.74 Å². The summed E-state index contributed by atoms with van der Waals surface area (Å²) < 4.78 is 16.8. The number of aromatic nitrogens is 2. The molecule has 0 bridgehead atoms. The lowest BCUT2D eigenvalue weighted by molar-refractivity contribution is 0.272. The molecule has 1 aromatic carbocycles. The molecule has 0 amide bonds. The number of ether oxygens (including phenoxy) is 2. The van der Waals surface area contributed by atoms with Gasteiger partial charge in [-0.2, -0.15) is 0 Å². The summed E-state index contributed by atoms with van der Waals surface area (Å²) in [6, 6.07) is 7.64. The number of benzene rings is 1. The highest BCUT2D eigenvalue weighted by atomic mass is 16.5. The van der Waals surface area contributed by atoms with E-state index in [1.165, 1.54) is 0 Å². The molecule has 1 N–H and O–H groups in total. The van der Waals surface area contributed by atoms with Gasteiger partial charge in [-0.05, 0) is 38.1 Å². The van der Waals surface area contributed by atoms with E-state index >= 15 is 0 Å². The number of methoxy groups -OCH3 is 1. The smallest absolute Gasteiger partial charge is 0.170 e. The minimum atomic E-state index is 0.263. The van der Waals surface area contributed by atoms with Crippen LogP contribution in [0.1, 0.15) is 19.6 Å². The van der Waals surface area contributed by atoms with Crippen LogP contribution in [0.25, 0.3) is 28.1 Å². The maximum absolute atomic E-state index is 10.2. The van der Waals surface area contributed by atoms with Gasteiger partial charge in [0.15, 0.2) is 23.1 Å². The van der Waals surface area contributed by atoms with Crippen molar-refractivity contribution < 1.29 is 19.0 Å². The molecule has 26 heavy (non-hydrogen) atoms. The molecule has 0 saturated carbocycles. The van der Waals surface area contributed by atoms with Crippen molar-refractivity contribution in [3.05, 3.63) is 59.3 Å². The minimum Gasteiger partial charge on any atom is -0.507 e. The van der Waals surface area contributed by atoms with Gasteiger partial charge in [0.05, 0.1) is 19.5 Å². The SMILES string of the molecule is COc1cnc(-c2ccc3oc(C4=C(C)C(O)=C(C)CO4)cc3c2)nc1. The molecule has 0 aliphatic carbocycles. The largest absolute Gasteiger partial charge is 0.507 e. The summed E-state index contributed by atoms with van der Waals surface area (Å²) in [7, 11) is 1.58. The zero-order chi connectivity index (χ0) is 18.3. The van der Waals surface area contributed by atoms with Crippen molar-refractivity contribution in [1.82, 2.24) is 9.97 Å². The highest BCUT2D eigenvalue weighted by Gasteiger charge is 2.21. The predicted molar refractivity (Wildman–Crippen MR) is 97.7 cm³/mol. The zero-order valence-electron chi connectivity index (χ0n) is 14.7. The van der Waals surface area contributed by atoms with Crippen molar-refractivity contribution in [3.63, 3.8) is 0 Å². The Morgan fingerprint density at radius 2 is 1.88 bits per heavy atom. The molecule has 6 nitrogen and oxygen atoms in total. The lowest BCUT2D eigenvalue weighted by Crippen LogP contribution is -2.08. The van der Waals surface area contributed by atoms with Gasteiger partial charge in [0.25, 0.3) is 0 Å². The predicted octanol–water partition coefficient (Wildman–Crippen LogP) is 4.49. The van der Waals surface area contributed by atoms with Crippen molar-refractivity contribution in [2.45, 2.75) is 13.8 Å². The van der Waals surface area contributed by atoms with E-state index in [4.69, 9.17) is 13.9 Å². The average molecular weight is 350 g/mol. The standard InChI is InChI=1S/C20H18N2O4/c1-11-10-25-19(12(2)18(11)23)17-7-14-6-13(4-5-16(14)26-17)20-21-8-15(24-3)9-22-20/h4-9,23H,10H2,1-3H3. The number of rotatable bonds is 3. The van der Waals surface area contributed by atoms with Crippen molar-refractivity contribution in [2.75, 3.05) is 13.7 Å². The molecule has 0 unspecified atom stereocenters. The van der Waals surface area contributed by atoms with Crippen LogP contribution in [-0.4, -0.2) is 28.8 Å². The van der Waals surface area contributed by atoms with Gasteiger partial charge in [-0.15, -0.1) is 0 Å². The fraction of sp³-hybridized carbons (Fsp3) is 0.200. The van der Waals surface area contributed by atoms with Gasteiger partial charge in [0, 0.05) is 22.1 Å². The molecular formula is C20H18N2O4. The van der Waals surface area contributed by atoms with E-state index in [-0.39, 0.29) is 5.76 Å². The highest BCUT2D eigenvalue weighted by molar-refractivity contribution is 5.85. The van der Waals surface area contributed by atoms with Crippen molar-refractivity contribution in [2.24, 2.45) is 0 Å². The summed E-state index contributed by atoms with van der Waals surface area (Å²) >= 11 is 0. The first kappa shape index (κ1) is 16.2. The topological polar surface area (TPSA) is 77.6 Å². The Hall–Kier alpha value is -3.28. The van der Waals surface area contributed by atoms with Crippen LogP contribution in [0, 0.1) is 0 Å². The molecular weight excluding hydrogens is 332 g/mol. The first-order valence-electron chi connectivity index (χ1n) is 8.20. The van der Waals surface area contributed by atoms with E-state index in [2.05, 4.69) is 9.97 Å². The first-order valence-corrected chi connectivity index (χ1v) is 8.20. The lowest BCUT2D eigenvalue weighted by Gasteiger charge is -2.18. The molecule has 132 valence electrons. The van der Waals surface area contributed by atoms with Crippen molar-refractivity contribution in [3.8, 4) is 17.1 Å². The third-order valence-electron chi connectivity index (χ3n) is 4.40. The molecule has 1 aliphatic rings. The summed E-state index contributed by atoms with van der Waals surface area (Å²) in [4.78, 5) is 8.63. The molecule has 2 aromatic heterocycles. The van der Waals surface area contributed by atoms with E-state index in [9.17, 15) is 5.11 Å². The summed E-state index contributed by atoms with van der Waals surface area (Å²) in [6.45, 7) is 4.01. The van der Waals surface area contributed by atoms with Gasteiger partial charge in [0.2, 0.25) is 0 Å². The molecule has 1 aliphatic heterocycles. The van der Waals surface area contributed by atoms with Gasteiger partial charge in [-0.3, -0.25) is 0 Å². The Balaban J connectivity index is 1.74. The van der Waals surface area contributed by atoms with Gasteiger partial charge in [-0.1, -0.05) is 0 Å². The van der Waals surface area contributed by atoms with Crippen LogP contribution < -0.4 is 4.74 Å². The number of furan rings is 1. The van der Waals surface area contributed by atoms with Gasteiger partial charge in [0.1, 0.15) is 17.9 Å². The molecule has 0 atom stereocenters. The monoisotopic (exact) mass is 350 g/mol. The Morgan fingerprint density at radius 1 is 1.12 bits per heavy atom. The number of hydrogen-bond acceptors (Lipinski definition) is 6. The Morgan fingerprint density at radius 3 is 2.62 bits per heavy atom. The summed E-state index contributed by atoms with van der Waals surface area (Å²) in [5.74, 6) is 2.63. The third kappa shape index (κ3) is 2.69. The Labute approximate surface area is 150 Å². The number of fused-ring (bicyclic) bond motifs is 1. The number of allylic oxidation sites excluding steroid dienone is 1. The summed E-state index contributed by atoms with van der Waals surface area (Å²) in [5.41, 5.74) is 3.08. The molecule has 4 rings (SSSR count). The molecule has 0 spiro atoms. The van der Waals surface area contributed by atoms with Crippen molar-refractivity contribution >= 4 is 16.7 Å². The number of hydrogen-bond donors (Lipinski definition) is 1. The molecule has 3 aromatic rings. The van der Waals surface area contributed by atoms with Crippen LogP contribution in [0.3, 0.4) is 0 Å². The quantitative estimate of drug-likeness (QED) is 0.750. The first-order chi connectivity index (χ1) is 12.6. The fourth-order valence-corrected chi connectivity index (χ4v) is 2.91. The number of aliphatic hydroxyl groups is 1. The van der Waals surface area contributed by atoms with Gasteiger partial charge < -0.3 is 19.0 Å². The average Bonchev–Trinajstić information content (AvgIpc) is 3.09. The maximum Gasteiger partial charge on any atom is 0.170 e. The molecule has 6 heteroatoms. The summed E-state index contributed by atoms with van der Waals surface area (Å²) in [6.07, 6.45) is 3.27. The minimum absolute atomic E-state index is 0.263. The molecule has 0 fully saturated rings. The highest BCUT2D eigenvalue weighted by Crippen LogP contribution is 2.34. The second-order valence-electron chi connectivity index (χ2n) is 6.18. The Kier molecular flexibility index (Phi) is 3.88. The van der Waals surface area contributed by atoms with E-state index in [1.807, 2.05) is 38.1 Å². The van der Waals surface area contributed by atoms with Gasteiger partial charge in [-0.25, -0.2) is 9.97 Å². The van der Waals surface area contributed by atoms with Crippen LogP contribution in [0.4, 0.5) is 0 Å². The lowest BCUT2D eigenvalue weighted by atomic mass is 10.1. The molecule has 0 radical (unpaired) electrons. The van der Waals surface area contributed by atoms with E-state index in [0.29, 0.717) is 35.3 Å². The van der Waals surface area contributed by atoms with Crippen LogP contribution in [0.15, 0.2) is 58.0 Å². The maximum atomic E-state index is 10.2. The third-order valence-corrected chi connectivity index (χ3v) is 4.40. The van der Waals surface area contributed by atoms with Crippen LogP contribution in [0.5, 0.6) is 5.75 Å². The second kappa shape index (κ2) is 6.22.